The first-order chi connectivity index (χ1) is 65.6. The predicted molar refractivity (Wildman–Crippen MR) is 554 cm³/mol. The molecule has 3 unspecified atom stereocenters. The van der Waals surface area contributed by atoms with E-state index in [4.69, 9.17) is 23.7 Å². The van der Waals surface area contributed by atoms with Crippen molar-refractivity contribution < 1.29 is 89.7 Å². The van der Waals surface area contributed by atoms with Gasteiger partial charge >= 0.3 is 30.5 Å². The van der Waals surface area contributed by atoms with E-state index in [0.29, 0.717) is 63.9 Å². The molecular formula is C101H136N12O20S5. The number of fused-ring (bicyclic) bond motifs is 3. The minimum absolute atomic E-state index is 0.0173. The van der Waals surface area contributed by atoms with Crippen LogP contribution in [0.2, 0.25) is 0 Å². The van der Waals surface area contributed by atoms with Crippen LogP contribution >= 0.6 is 0 Å². The fourth-order valence-electron chi connectivity index (χ4n) is 16.0. The van der Waals surface area contributed by atoms with Gasteiger partial charge in [-0.2, -0.15) is 0 Å². The van der Waals surface area contributed by atoms with Gasteiger partial charge in [-0.25, -0.2) is 70.4 Å². The second-order valence-electron chi connectivity index (χ2n) is 32.8. The number of hydrogen-bond acceptors (Lipinski definition) is 25. The summed E-state index contributed by atoms with van der Waals surface area (Å²) in [7, 11) is -15.5. The Morgan fingerprint density at radius 2 is 0.681 bits per heavy atom. The van der Waals surface area contributed by atoms with E-state index in [1.807, 2.05) is 144 Å². The highest BCUT2D eigenvalue weighted by Gasteiger charge is 2.39. The number of nitrogens with one attached hydrogen (secondary N) is 5. The SMILES string of the molecule is CCN(CC)c1ccc(NC(=O)OC2CS(=O)(=O)Cc3ccccc32)c(C)c1.CCN(CC)c1ccc(NC(=O)OC2CS(=O)(=O)N(C)c3ccccc32)c(C)c1.CCN(CC)c1ccc(NC(=O)OC2CS(=O)(=O)c3ccccc32)c(C)c1.CCN(CC)c1ccc(NC(=O)OCCS(=O)(=O)Cc2ccccc2)c(C)c1.CCN(CC)c1ccc(NC(=O)OCCS(=O)(=O)N(CC)CC)c(C)c1. The third-order valence-electron chi connectivity index (χ3n) is 23.7. The number of hydrogen-bond donors (Lipinski definition) is 5. The van der Waals surface area contributed by atoms with Gasteiger partial charge in [0, 0.05) is 154 Å². The van der Waals surface area contributed by atoms with Crippen molar-refractivity contribution >= 4 is 143 Å². The number of carbonyl (C=O) groups excluding carboxylic acids is 5. The van der Waals surface area contributed by atoms with Crippen LogP contribution in [-0.2, 0) is 84.7 Å². The number of nitrogens with zero attached hydrogens (tertiary/aromatic N) is 7. The van der Waals surface area contributed by atoms with Gasteiger partial charge in [-0.05, 0) is 251 Å². The maximum atomic E-state index is 12.5. The van der Waals surface area contributed by atoms with Gasteiger partial charge in [0.15, 0.2) is 29.5 Å². The van der Waals surface area contributed by atoms with Crippen LogP contribution < -0.4 is 55.4 Å². The van der Waals surface area contributed by atoms with Gasteiger partial charge in [0.2, 0.25) is 20.0 Å². The minimum atomic E-state index is -3.55. The molecule has 3 aliphatic rings. The topological polar surface area (TPSA) is 385 Å². The second kappa shape index (κ2) is 52.0. The molecule has 9 aromatic rings. The number of benzene rings is 9. The molecule has 12 rings (SSSR count). The summed E-state index contributed by atoms with van der Waals surface area (Å²) in [6.45, 7) is 43.5. The molecule has 0 saturated carbocycles. The third-order valence-corrected chi connectivity index (χ3v) is 32.4. The number of ether oxygens (including phenoxy) is 5. The molecule has 0 bridgehead atoms. The van der Waals surface area contributed by atoms with Crippen molar-refractivity contribution in [3.8, 4) is 0 Å². The molecule has 138 heavy (non-hydrogen) atoms. The zero-order chi connectivity index (χ0) is 101. The van der Waals surface area contributed by atoms with Gasteiger partial charge in [-0.3, -0.25) is 30.9 Å². The van der Waals surface area contributed by atoms with Crippen LogP contribution in [0.3, 0.4) is 0 Å². The van der Waals surface area contributed by atoms with E-state index in [2.05, 4.69) is 120 Å². The Hall–Kier alpha value is -12.2. The Labute approximate surface area is 816 Å². The van der Waals surface area contributed by atoms with Crippen LogP contribution in [0.15, 0.2) is 199 Å². The smallest absolute Gasteiger partial charge is 0.412 e. The Kier molecular flexibility index (Phi) is 41.9. The van der Waals surface area contributed by atoms with Crippen LogP contribution in [0, 0.1) is 34.6 Å². The largest absolute Gasteiger partial charge is 0.448 e. The molecule has 0 radical (unpaired) electrons. The lowest BCUT2D eigenvalue weighted by Crippen LogP contribution is -2.38. The zero-order valence-corrected chi connectivity index (χ0v) is 86.5. The van der Waals surface area contributed by atoms with Crippen molar-refractivity contribution in [1.29, 1.82) is 0 Å². The molecule has 32 nitrogen and oxygen atoms in total. The summed E-state index contributed by atoms with van der Waals surface area (Å²) < 4.78 is 151. The van der Waals surface area contributed by atoms with Crippen LogP contribution in [0.25, 0.3) is 0 Å². The highest BCUT2D eigenvalue weighted by molar-refractivity contribution is 7.93. The van der Waals surface area contributed by atoms with Crippen molar-refractivity contribution in [2.75, 3.05) is 183 Å². The quantitative estimate of drug-likeness (QED) is 0.0234. The maximum absolute atomic E-state index is 12.5. The highest BCUT2D eigenvalue weighted by Crippen LogP contribution is 2.40. The summed E-state index contributed by atoms with van der Waals surface area (Å²) >= 11 is 0. The summed E-state index contributed by atoms with van der Waals surface area (Å²) in [5.41, 5.74) is 17.1. The summed E-state index contributed by atoms with van der Waals surface area (Å²) in [4.78, 5) is 72.6. The van der Waals surface area contributed by atoms with E-state index in [1.165, 1.54) is 15.7 Å². The predicted octanol–water partition coefficient (Wildman–Crippen LogP) is 19.0. The first-order valence-corrected chi connectivity index (χ1v) is 55.0. The molecule has 3 heterocycles. The molecule has 0 spiro atoms. The van der Waals surface area contributed by atoms with Gasteiger partial charge in [-0.15, -0.1) is 0 Å². The molecule has 3 aliphatic heterocycles. The molecule has 9 aromatic carbocycles. The normalized spacial score (nSPS) is 15.0. The summed E-state index contributed by atoms with van der Waals surface area (Å²) in [6.07, 6.45) is -5.76. The van der Waals surface area contributed by atoms with E-state index in [1.54, 1.807) is 98.8 Å². The van der Waals surface area contributed by atoms with Crippen LogP contribution in [0.1, 0.15) is 157 Å². The Morgan fingerprint density at radius 3 is 1.05 bits per heavy atom. The van der Waals surface area contributed by atoms with Crippen molar-refractivity contribution in [3.63, 3.8) is 0 Å². The lowest BCUT2D eigenvalue weighted by molar-refractivity contribution is 0.120. The molecule has 0 aliphatic carbocycles. The average molecular weight is 2000 g/mol. The van der Waals surface area contributed by atoms with Gasteiger partial charge in [0.05, 0.1) is 45.1 Å². The van der Waals surface area contributed by atoms with Gasteiger partial charge < -0.3 is 48.2 Å². The first kappa shape index (κ1) is 111. The third kappa shape index (κ3) is 31.7. The number of carbonyl (C=O) groups is 5. The summed E-state index contributed by atoms with van der Waals surface area (Å²) in [6, 6.07) is 58.8. The Bertz CT molecular complexity index is 6200. The fraction of sp³-hybridized carbons (Fsp3) is 0.416. The van der Waals surface area contributed by atoms with Gasteiger partial charge in [-0.1, -0.05) is 105 Å². The first-order valence-electron chi connectivity index (χ1n) is 46.5. The lowest BCUT2D eigenvalue weighted by atomic mass is 10.0. The highest BCUT2D eigenvalue weighted by atomic mass is 32.2. The monoisotopic (exact) mass is 2000 g/mol. The van der Waals surface area contributed by atoms with Crippen molar-refractivity contribution in [1.82, 2.24) is 4.31 Å². The average Bonchev–Trinajstić information content (AvgIpc) is 1.19. The molecule has 0 fully saturated rings. The van der Waals surface area contributed by atoms with Gasteiger partial charge in [0.25, 0.3) is 0 Å². The number of sulfone groups is 3. The van der Waals surface area contributed by atoms with E-state index in [9.17, 15) is 66.1 Å². The lowest BCUT2D eigenvalue weighted by Gasteiger charge is -2.32. The van der Waals surface area contributed by atoms with E-state index in [0.717, 1.165) is 133 Å². The van der Waals surface area contributed by atoms with Crippen LogP contribution in [0.4, 0.5) is 86.5 Å². The molecule has 5 amide bonds. The van der Waals surface area contributed by atoms with E-state index in [-0.39, 0.29) is 58.4 Å². The van der Waals surface area contributed by atoms with Crippen molar-refractivity contribution in [2.24, 2.45) is 0 Å². The fourth-order valence-corrected chi connectivity index (χ4v) is 23.1. The number of anilines is 11. The van der Waals surface area contributed by atoms with Crippen molar-refractivity contribution in [2.45, 2.75) is 152 Å². The van der Waals surface area contributed by atoms with Crippen molar-refractivity contribution in [3.05, 3.63) is 250 Å². The van der Waals surface area contributed by atoms with E-state index >= 15 is 0 Å². The molecule has 750 valence electrons. The minimum Gasteiger partial charge on any atom is -0.448 e. The summed E-state index contributed by atoms with van der Waals surface area (Å²) in [5, 5.41) is 13.5. The molecule has 3 atom stereocenters. The molecule has 5 N–H and O–H groups in total. The van der Waals surface area contributed by atoms with Gasteiger partial charge in [0.1, 0.15) is 37.3 Å². The number of sulfonamides is 2. The maximum Gasteiger partial charge on any atom is 0.412 e. The molecule has 0 aromatic heterocycles. The Balaban J connectivity index is 0.000000212. The molecular weight excluding hydrogens is 1860 g/mol. The Morgan fingerprint density at radius 1 is 0.362 bits per heavy atom. The standard InChI is InChI=1S/C21H27N3O4S.C21H26N2O4S.C21H28N2O4S.C20H24N2O4S.C18H31N3O4S/c1-5-24(6-2)16-11-12-18(15(3)13-16)22-21(25)28-20-14-29(26,27)23(4)19-10-8-7-9-17(19)20;1-4-23(5-2)17-10-11-19(15(3)12-17)22-21(24)27-20-14-28(25,26)13-16-8-6-7-9-18(16)20;1-4-23(5-2)19-11-12-20(17(3)15-19)22-21(24)27-13-14-28(25,26)16-18-9-7-6-8-10-18;1-4-22(5-2)15-10-11-17(14(3)12-15)21-20(23)26-18-13-27(24,25)19-9-7-6-8-16(18)19;1-6-20(7-2)16-10-11-17(15(5)14-16)19-18(22)25-12-13-26(23,24)21(8-3)9-4/h7-13,20H,5-6,14H2,1-4H3,(H,22,25);6-12,20H,4-5,13-14H2,1-3H3,(H,22,24);6-12,15H,4-5,13-14,16H2,1-3H3,(H,22,24);6-12,18H,4-5,13H2,1-3H3,(H,21,23);10-11,14H,6-9,12-13H2,1-5H3,(H,19,22). The number of aryl methyl sites for hydroxylation is 5. The number of amides is 5. The summed E-state index contributed by atoms with van der Waals surface area (Å²) in [5.74, 6) is -1.22. The van der Waals surface area contributed by atoms with Crippen LogP contribution in [0.5, 0.6) is 0 Å². The zero-order valence-electron chi connectivity index (χ0n) is 82.4. The number of para-hydroxylation sites is 1. The van der Waals surface area contributed by atoms with E-state index < -0.39 is 98.3 Å². The number of rotatable bonds is 34. The molecule has 37 heteroatoms. The molecule has 0 saturated heterocycles. The second-order valence-corrected chi connectivity index (χ2v) is 43.2. The van der Waals surface area contributed by atoms with Crippen LogP contribution in [-0.4, -0.2) is 204 Å².